The van der Waals surface area contributed by atoms with E-state index in [1.807, 2.05) is 18.2 Å². The number of amides is 1. The molecule has 1 aromatic heterocycles. The van der Waals surface area contributed by atoms with Crippen molar-refractivity contribution in [2.24, 2.45) is 0 Å². The van der Waals surface area contributed by atoms with Crippen LogP contribution in [0.4, 0.5) is 5.69 Å². The summed E-state index contributed by atoms with van der Waals surface area (Å²) in [4.78, 5) is 25.6. The average molecular weight is 376 g/mol. The van der Waals surface area contributed by atoms with Gasteiger partial charge in [-0.05, 0) is 30.3 Å². The Morgan fingerprint density at radius 1 is 0.815 bits per heavy atom. The predicted molar refractivity (Wildman–Crippen MR) is 105 cm³/mol. The molecular formula is C22H14ClNO3. The number of carbonyl (C=O) groups is 2. The van der Waals surface area contributed by atoms with Crippen molar-refractivity contribution in [3.8, 4) is 0 Å². The van der Waals surface area contributed by atoms with Crippen molar-refractivity contribution < 1.29 is 14.0 Å². The minimum Gasteiger partial charge on any atom is -0.450 e. The van der Waals surface area contributed by atoms with Gasteiger partial charge in [0.25, 0.3) is 5.91 Å². The molecule has 4 nitrogen and oxygen atoms in total. The third-order valence-electron chi connectivity index (χ3n) is 4.16. The number of fused-ring (bicyclic) bond motifs is 1. The lowest BCUT2D eigenvalue weighted by Gasteiger charge is -2.06. The molecule has 0 saturated carbocycles. The Bertz CT molecular complexity index is 1150. The zero-order valence-electron chi connectivity index (χ0n) is 14.1. The summed E-state index contributed by atoms with van der Waals surface area (Å²) in [5.74, 6) is -0.572. The highest BCUT2D eigenvalue weighted by molar-refractivity contribution is 6.31. The van der Waals surface area contributed by atoms with E-state index in [1.165, 1.54) is 0 Å². The van der Waals surface area contributed by atoms with Crippen LogP contribution >= 0.6 is 11.6 Å². The lowest BCUT2D eigenvalue weighted by molar-refractivity contribution is 0.101. The Labute approximate surface area is 160 Å². The van der Waals surface area contributed by atoms with Crippen LogP contribution in [0, 0.1) is 0 Å². The zero-order valence-corrected chi connectivity index (χ0v) is 14.9. The molecule has 0 bridgehead atoms. The zero-order chi connectivity index (χ0) is 18.8. The van der Waals surface area contributed by atoms with Gasteiger partial charge in [-0.1, -0.05) is 60.1 Å². The molecule has 0 radical (unpaired) electrons. The van der Waals surface area contributed by atoms with Gasteiger partial charge in [0, 0.05) is 21.5 Å². The van der Waals surface area contributed by atoms with Gasteiger partial charge >= 0.3 is 0 Å². The van der Waals surface area contributed by atoms with E-state index in [4.69, 9.17) is 16.0 Å². The first-order chi connectivity index (χ1) is 13.1. The lowest BCUT2D eigenvalue weighted by atomic mass is 10.1. The molecule has 1 heterocycles. The molecule has 5 heteroatoms. The maximum atomic E-state index is 12.9. The first-order valence-electron chi connectivity index (χ1n) is 8.31. The van der Waals surface area contributed by atoms with E-state index in [1.54, 1.807) is 60.7 Å². The van der Waals surface area contributed by atoms with Crippen LogP contribution in [0.15, 0.2) is 83.3 Å². The largest absolute Gasteiger partial charge is 0.450 e. The smallest absolute Gasteiger partial charge is 0.255 e. The lowest BCUT2D eigenvalue weighted by Crippen LogP contribution is -2.14. The van der Waals surface area contributed by atoms with Gasteiger partial charge in [-0.3, -0.25) is 9.59 Å². The number of hydrogen-bond acceptors (Lipinski definition) is 3. The summed E-state index contributed by atoms with van der Waals surface area (Å²) >= 11 is 5.97. The van der Waals surface area contributed by atoms with Crippen molar-refractivity contribution >= 4 is 39.9 Å². The van der Waals surface area contributed by atoms with Crippen molar-refractivity contribution in [2.75, 3.05) is 5.32 Å². The van der Waals surface area contributed by atoms with Gasteiger partial charge in [0.05, 0.1) is 5.69 Å². The fourth-order valence-corrected chi connectivity index (χ4v) is 3.06. The van der Waals surface area contributed by atoms with E-state index in [0.717, 1.165) is 0 Å². The van der Waals surface area contributed by atoms with Crippen LogP contribution in [-0.4, -0.2) is 11.7 Å². The van der Waals surface area contributed by atoms with Gasteiger partial charge in [0.15, 0.2) is 5.76 Å². The third-order valence-corrected chi connectivity index (χ3v) is 4.40. The molecule has 0 aliphatic rings. The van der Waals surface area contributed by atoms with Crippen LogP contribution in [-0.2, 0) is 0 Å². The Morgan fingerprint density at radius 2 is 1.52 bits per heavy atom. The molecule has 0 spiro atoms. The summed E-state index contributed by atoms with van der Waals surface area (Å²) in [6, 6.07) is 22.6. The number of nitrogens with one attached hydrogen (secondary N) is 1. The fraction of sp³-hybridized carbons (Fsp3) is 0. The minimum atomic E-state index is -0.369. The van der Waals surface area contributed by atoms with Gasteiger partial charge < -0.3 is 9.73 Å². The molecule has 4 aromatic rings. The molecule has 0 aliphatic heterocycles. The Balaban J connectivity index is 1.79. The molecule has 4 rings (SSSR count). The van der Waals surface area contributed by atoms with Crippen LogP contribution in [0.2, 0.25) is 5.02 Å². The summed E-state index contributed by atoms with van der Waals surface area (Å²) in [5.41, 5.74) is 1.75. The topological polar surface area (TPSA) is 59.3 Å². The molecule has 27 heavy (non-hydrogen) atoms. The predicted octanol–water partition coefficient (Wildman–Crippen LogP) is 5.57. The number of para-hydroxylation sites is 1. The number of anilines is 1. The minimum absolute atomic E-state index is 0.0952. The molecule has 1 N–H and O–H groups in total. The Hall–Kier alpha value is -3.37. The molecular weight excluding hydrogens is 362 g/mol. The van der Waals surface area contributed by atoms with E-state index in [9.17, 15) is 9.59 Å². The van der Waals surface area contributed by atoms with Gasteiger partial charge in [-0.25, -0.2) is 0 Å². The second-order valence-corrected chi connectivity index (χ2v) is 6.40. The van der Waals surface area contributed by atoms with Gasteiger partial charge in [0.2, 0.25) is 5.78 Å². The van der Waals surface area contributed by atoms with Crippen LogP contribution in [0.25, 0.3) is 11.0 Å². The second kappa shape index (κ2) is 7.09. The molecule has 0 fully saturated rings. The molecule has 0 unspecified atom stereocenters. The number of halogens is 1. The van der Waals surface area contributed by atoms with Crippen LogP contribution in [0.5, 0.6) is 0 Å². The first-order valence-corrected chi connectivity index (χ1v) is 8.69. The van der Waals surface area contributed by atoms with E-state index in [0.29, 0.717) is 32.8 Å². The highest BCUT2D eigenvalue weighted by atomic mass is 35.5. The normalized spacial score (nSPS) is 10.7. The number of furan rings is 1. The van der Waals surface area contributed by atoms with E-state index in [-0.39, 0.29) is 17.5 Å². The summed E-state index contributed by atoms with van der Waals surface area (Å²) < 4.78 is 5.79. The highest BCUT2D eigenvalue weighted by Crippen LogP contribution is 2.33. The first kappa shape index (κ1) is 17.1. The van der Waals surface area contributed by atoms with Crippen LogP contribution in [0.1, 0.15) is 26.5 Å². The number of hydrogen-bond donors (Lipinski definition) is 1. The highest BCUT2D eigenvalue weighted by Gasteiger charge is 2.23. The summed E-state index contributed by atoms with van der Waals surface area (Å²) in [7, 11) is 0. The molecule has 0 aliphatic carbocycles. The van der Waals surface area contributed by atoms with Crippen LogP contribution in [0.3, 0.4) is 0 Å². The number of benzene rings is 3. The Kier molecular flexibility index (Phi) is 4.48. The molecule has 1 amide bonds. The van der Waals surface area contributed by atoms with Crippen molar-refractivity contribution in [3.05, 3.63) is 101 Å². The van der Waals surface area contributed by atoms with E-state index in [2.05, 4.69) is 5.32 Å². The molecule has 0 atom stereocenters. The standard InChI is InChI=1S/C22H14ClNO3/c23-16-10-6-9-15(13-16)22(26)24-19-17-11-4-5-12-18(17)27-21(19)20(25)14-7-2-1-3-8-14/h1-13H,(H,24,26). The van der Waals surface area contributed by atoms with Crippen molar-refractivity contribution in [1.29, 1.82) is 0 Å². The maximum absolute atomic E-state index is 12.9. The van der Waals surface area contributed by atoms with Gasteiger partial charge in [-0.15, -0.1) is 0 Å². The number of carbonyl (C=O) groups excluding carboxylic acids is 2. The number of rotatable bonds is 4. The quantitative estimate of drug-likeness (QED) is 0.474. The van der Waals surface area contributed by atoms with Crippen LogP contribution < -0.4 is 5.32 Å². The molecule has 132 valence electrons. The summed E-state index contributed by atoms with van der Waals surface area (Å²) in [6.45, 7) is 0. The second-order valence-electron chi connectivity index (χ2n) is 5.96. The van der Waals surface area contributed by atoms with E-state index >= 15 is 0 Å². The van der Waals surface area contributed by atoms with Crippen molar-refractivity contribution in [3.63, 3.8) is 0 Å². The maximum Gasteiger partial charge on any atom is 0.255 e. The summed E-state index contributed by atoms with van der Waals surface area (Å²) in [5, 5.41) is 3.93. The number of ketones is 1. The SMILES string of the molecule is O=C(Nc1c(C(=O)c2ccccc2)oc2ccccc12)c1cccc(Cl)c1. The van der Waals surface area contributed by atoms with Crippen molar-refractivity contribution in [1.82, 2.24) is 0 Å². The third kappa shape index (κ3) is 3.35. The summed E-state index contributed by atoms with van der Waals surface area (Å²) in [6.07, 6.45) is 0. The van der Waals surface area contributed by atoms with Gasteiger partial charge in [0.1, 0.15) is 5.58 Å². The van der Waals surface area contributed by atoms with Gasteiger partial charge in [-0.2, -0.15) is 0 Å². The monoisotopic (exact) mass is 375 g/mol. The fourth-order valence-electron chi connectivity index (χ4n) is 2.87. The molecule has 3 aromatic carbocycles. The molecule has 0 saturated heterocycles. The average Bonchev–Trinajstić information content (AvgIpc) is 3.06. The van der Waals surface area contributed by atoms with Crippen molar-refractivity contribution in [2.45, 2.75) is 0 Å². The Morgan fingerprint density at radius 3 is 2.30 bits per heavy atom. The van der Waals surface area contributed by atoms with E-state index < -0.39 is 0 Å².